The first kappa shape index (κ1) is 24.4. The second-order valence-electron chi connectivity index (χ2n) is 9.69. The Bertz CT molecular complexity index is 981. The lowest BCUT2D eigenvalue weighted by Crippen LogP contribution is -2.54. The lowest BCUT2D eigenvalue weighted by atomic mass is 9.88. The lowest BCUT2D eigenvalue weighted by Gasteiger charge is -2.39. The molecule has 0 bridgehead atoms. The minimum absolute atomic E-state index is 0.0262. The van der Waals surface area contributed by atoms with E-state index in [2.05, 4.69) is 20.9 Å². The van der Waals surface area contributed by atoms with Gasteiger partial charge in [-0.1, -0.05) is 24.3 Å². The maximum absolute atomic E-state index is 13.2. The molecular formula is C27H35FN4O2. The lowest BCUT2D eigenvalue weighted by molar-refractivity contribution is 0.101. The monoisotopic (exact) mass is 466 g/mol. The van der Waals surface area contributed by atoms with Crippen molar-refractivity contribution < 1.29 is 14.0 Å². The summed E-state index contributed by atoms with van der Waals surface area (Å²) in [6.45, 7) is 6.33. The van der Waals surface area contributed by atoms with Crippen LogP contribution in [-0.2, 0) is 6.42 Å². The van der Waals surface area contributed by atoms with E-state index in [1.54, 1.807) is 36.4 Å². The second kappa shape index (κ2) is 11.6. The molecule has 2 aliphatic rings. The number of benzene rings is 2. The maximum Gasteiger partial charge on any atom is 0.319 e. The van der Waals surface area contributed by atoms with Crippen molar-refractivity contribution in [2.24, 2.45) is 11.8 Å². The minimum Gasteiger partial charge on any atom is -0.335 e. The van der Waals surface area contributed by atoms with Crippen LogP contribution < -0.4 is 16.0 Å². The van der Waals surface area contributed by atoms with Crippen LogP contribution in [0.4, 0.5) is 14.9 Å². The van der Waals surface area contributed by atoms with E-state index in [1.165, 1.54) is 18.9 Å². The van der Waals surface area contributed by atoms with Gasteiger partial charge in [0.25, 0.3) is 0 Å². The largest absolute Gasteiger partial charge is 0.335 e. The van der Waals surface area contributed by atoms with E-state index in [-0.39, 0.29) is 23.7 Å². The zero-order valence-electron chi connectivity index (χ0n) is 19.9. The molecule has 2 amide bonds. The molecular weight excluding hydrogens is 431 g/mol. The molecule has 2 aromatic rings. The van der Waals surface area contributed by atoms with E-state index in [0.29, 0.717) is 23.1 Å². The number of nitrogens with one attached hydrogen (secondary N) is 3. The van der Waals surface area contributed by atoms with Gasteiger partial charge in [0.1, 0.15) is 5.82 Å². The molecule has 0 radical (unpaired) electrons. The first-order valence-corrected chi connectivity index (χ1v) is 12.3. The van der Waals surface area contributed by atoms with Crippen molar-refractivity contribution in [2.45, 2.75) is 38.6 Å². The molecule has 1 unspecified atom stereocenters. The van der Waals surface area contributed by atoms with Gasteiger partial charge in [-0.15, -0.1) is 0 Å². The fourth-order valence-electron chi connectivity index (χ4n) is 5.23. The standard InChI is InChI=1S/C27H35FN4O2/c1-19(33)22-5-2-6-25(15-22)30-27(34)31-26-11-12-29-16-23(26)18-32-13-3-4-21(17-32)14-20-7-9-24(28)10-8-20/h2,5-10,15,21,23,26,29H,3-4,11-14,16-18H2,1H3,(H2,30,31,34)/t21?,23-,26+/m0/s1. The SMILES string of the molecule is CC(=O)c1cccc(NC(=O)N[C@@H]2CCNC[C@H]2CN2CCCC(Cc3ccc(F)cc3)C2)c1. The third-order valence-corrected chi connectivity index (χ3v) is 6.98. The highest BCUT2D eigenvalue weighted by atomic mass is 19.1. The number of carbonyl (C=O) groups excluding carboxylic acids is 2. The number of anilines is 1. The molecule has 2 saturated heterocycles. The molecule has 182 valence electrons. The smallest absolute Gasteiger partial charge is 0.319 e. The summed E-state index contributed by atoms with van der Waals surface area (Å²) >= 11 is 0. The van der Waals surface area contributed by atoms with Crippen LogP contribution in [0.15, 0.2) is 48.5 Å². The van der Waals surface area contributed by atoms with Crippen LogP contribution in [0.5, 0.6) is 0 Å². The Morgan fingerprint density at radius 2 is 1.97 bits per heavy atom. The van der Waals surface area contributed by atoms with Gasteiger partial charge >= 0.3 is 6.03 Å². The highest BCUT2D eigenvalue weighted by molar-refractivity contribution is 5.96. The zero-order chi connectivity index (χ0) is 23.9. The summed E-state index contributed by atoms with van der Waals surface area (Å²) in [6.07, 6.45) is 4.22. The Kier molecular flexibility index (Phi) is 8.29. The predicted molar refractivity (Wildman–Crippen MR) is 133 cm³/mol. The van der Waals surface area contributed by atoms with Gasteiger partial charge in [-0.2, -0.15) is 0 Å². The van der Waals surface area contributed by atoms with Crippen LogP contribution in [0.1, 0.15) is 42.1 Å². The van der Waals surface area contributed by atoms with Crippen molar-refractivity contribution in [2.75, 3.05) is 38.0 Å². The van der Waals surface area contributed by atoms with Gasteiger partial charge in [-0.25, -0.2) is 9.18 Å². The summed E-state index contributed by atoms with van der Waals surface area (Å²) in [5.74, 6) is 0.682. The molecule has 3 atom stereocenters. The van der Waals surface area contributed by atoms with Crippen LogP contribution in [-0.4, -0.2) is 55.5 Å². The van der Waals surface area contributed by atoms with E-state index < -0.39 is 0 Å². The highest BCUT2D eigenvalue weighted by Gasteiger charge is 2.30. The van der Waals surface area contributed by atoms with E-state index in [4.69, 9.17) is 0 Å². The number of piperidine rings is 2. The van der Waals surface area contributed by atoms with Crippen molar-refractivity contribution in [3.05, 3.63) is 65.5 Å². The average Bonchev–Trinajstić information content (AvgIpc) is 2.82. The van der Waals surface area contributed by atoms with Crippen molar-refractivity contribution in [1.29, 1.82) is 0 Å². The Balaban J connectivity index is 1.30. The van der Waals surface area contributed by atoms with Gasteiger partial charge in [-0.3, -0.25) is 4.79 Å². The van der Waals surface area contributed by atoms with Crippen molar-refractivity contribution >= 4 is 17.5 Å². The van der Waals surface area contributed by atoms with E-state index >= 15 is 0 Å². The summed E-state index contributed by atoms with van der Waals surface area (Å²) < 4.78 is 13.2. The molecule has 0 spiro atoms. The average molecular weight is 467 g/mol. The molecule has 0 aliphatic carbocycles. The molecule has 3 N–H and O–H groups in total. The first-order chi connectivity index (χ1) is 16.5. The highest BCUT2D eigenvalue weighted by Crippen LogP contribution is 2.23. The predicted octanol–water partition coefficient (Wildman–Crippen LogP) is 4.08. The number of carbonyl (C=O) groups is 2. The number of halogens is 1. The van der Waals surface area contributed by atoms with Gasteiger partial charge in [0.2, 0.25) is 0 Å². The third kappa shape index (κ3) is 6.87. The Morgan fingerprint density at radius 3 is 2.76 bits per heavy atom. The number of rotatable bonds is 7. The number of urea groups is 1. The molecule has 0 aromatic heterocycles. The van der Waals surface area contributed by atoms with Crippen LogP contribution in [0, 0.1) is 17.7 Å². The van der Waals surface area contributed by atoms with Crippen LogP contribution in [0.2, 0.25) is 0 Å². The molecule has 2 aromatic carbocycles. The number of ketones is 1. The van der Waals surface area contributed by atoms with E-state index in [1.807, 2.05) is 12.1 Å². The molecule has 4 rings (SSSR count). The summed E-state index contributed by atoms with van der Waals surface area (Å²) in [6, 6.07) is 13.8. The molecule has 2 fully saturated rings. The number of likely N-dealkylation sites (tertiary alicyclic amines) is 1. The van der Waals surface area contributed by atoms with E-state index in [0.717, 1.165) is 52.0 Å². The van der Waals surface area contributed by atoms with Crippen molar-refractivity contribution in [3.63, 3.8) is 0 Å². The number of hydrogen-bond acceptors (Lipinski definition) is 4. The van der Waals surface area contributed by atoms with Crippen molar-refractivity contribution in [1.82, 2.24) is 15.5 Å². The van der Waals surface area contributed by atoms with Gasteiger partial charge in [0, 0.05) is 42.8 Å². The summed E-state index contributed by atoms with van der Waals surface area (Å²) in [5.41, 5.74) is 2.39. The summed E-state index contributed by atoms with van der Waals surface area (Å²) in [4.78, 5) is 26.9. The maximum atomic E-state index is 13.2. The topological polar surface area (TPSA) is 73.5 Å². The molecule has 2 aliphatic heterocycles. The van der Waals surface area contributed by atoms with Crippen LogP contribution in [0.3, 0.4) is 0 Å². The molecule has 2 heterocycles. The summed E-state index contributed by atoms with van der Waals surface area (Å²) in [7, 11) is 0. The van der Waals surface area contributed by atoms with Gasteiger partial charge in [0.05, 0.1) is 0 Å². The van der Waals surface area contributed by atoms with Crippen LogP contribution in [0.25, 0.3) is 0 Å². The minimum atomic E-state index is -0.231. The number of Topliss-reactive ketones (excluding diaryl/α,β-unsaturated/α-hetero) is 1. The molecule has 6 nitrogen and oxygen atoms in total. The quantitative estimate of drug-likeness (QED) is 0.538. The van der Waals surface area contributed by atoms with Gasteiger partial charge in [0.15, 0.2) is 5.78 Å². The molecule has 34 heavy (non-hydrogen) atoms. The Labute approximate surface area is 201 Å². The molecule has 7 heteroatoms. The first-order valence-electron chi connectivity index (χ1n) is 12.3. The molecule has 0 saturated carbocycles. The Hall–Kier alpha value is -2.77. The van der Waals surface area contributed by atoms with Gasteiger partial charge in [-0.05, 0) is 81.4 Å². The third-order valence-electron chi connectivity index (χ3n) is 6.98. The van der Waals surface area contributed by atoms with Crippen LogP contribution >= 0.6 is 0 Å². The van der Waals surface area contributed by atoms with E-state index in [9.17, 15) is 14.0 Å². The number of amides is 2. The zero-order valence-corrected chi connectivity index (χ0v) is 19.9. The normalized spacial score (nSPS) is 23.3. The van der Waals surface area contributed by atoms with Gasteiger partial charge < -0.3 is 20.9 Å². The fraction of sp³-hybridized carbons (Fsp3) is 0.481. The Morgan fingerprint density at radius 1 is 1.15 bits per heavy atom. The number of hydrogen-bond donors (Lipinski definition) is 3. The number of nitrogens with zero attached hydrogens (tertiary/aromatic N) is 1. The summed E-state index contributed by atoms with van der Waals surface area (Å²) in [5, 5.41) is 9.54. The fourth-order valence-corrected chi connectivity index (χ4v) is 5.23. The van der Waals surface area contributed by atoms with Crippen molar-refractivity contribution in [3.8, 4) is 0 Å². The second-order valence-corrected chi connectivity index (χ2v) is 9.69.